The van der Waals surface area contributed by atoms with Gasteiger partial charge in [0.05, 0.1) is 11.1 Å². The van der Waals surface area contributed by atoms with Crippen LogP contribution in [0.4, 0.5) is 5.82 Å². The van der Waals surface area contributed by atoms with Crippen LogP contribution < -0.4 is 5.73 Å². The van der Waals surface area contributed by atoms with Crippen LogP contribution in [0.5, 0.6) is 0 Å². The fourth-order valence-electron chi connectivity index (χ4n) is 2.92. The normalized spacial score (nSPS) is 19.2. The summed E-state index contributed by atoms with van der Waals surface area (Å²) in [5, 5.41) is 0.880. The van der Waals surface area contributed by atoms with E-state index < -0.39 is 0 Å². The molecule has 1 fully saturated rings. The molecule has 2 aromatic rings. The van der Waals surface area contributed by atoms with E-state index in [-0.39, 0.29) is 5.91 Å². The molecule has 4 heteroatoms. The van der Waals surface area contributed by atoms with Crippen molar-refractivity contribution in [3.63, 3.8) is 0 Å². The molecule has 1 atom stereocenters. The number of carbonyl (C=O) groups excluding carboxylic acids is 1. The molecule has 2 N–H and O–H groups in total. The monoisotopic (exact) mass is 269 g/mol. The molecule has 0 saturated carbocycles. The number of piperidine rings is 1. The Hall–Kier alpha value is -2.10. The Morgan fingerprint density at radius 2 is 2.20 bits per heavy atom. The van der Waals surface area contributed by atoms with Crippen LogP contribution in [0.2, 0.25) is 0 Å². The number of nitrogens with zero attached hydrogens (tertiary/aromatic N) is 2. The van der Waals surface area contributed by atoms with Gasteiger partial charge >= 0.3 is 0 Å². The van der Waals surface area contributed by atoms with Crippen molar-refractivity contribution in [1.82, 2.24) is 9.88 Å². The summed E-state index contributed by atoms with van der Waals surface area (Å²) in [6.45, 7) is 3.85. The first-order chi connectivity index (χ1) is 9.65. The molecule has 1 aromatic carbocycles. The lowest BCUT2D eigenvalue weighted by Crippen LogP contribution is -2.39. The van der Waals surface area contributed by atoms with Crippen molar-refractivity contribution in [1.29, 1.82) is 0 Å². The van der Waals surface area contributed by atoms with E-state index in [0.717, 1.165) is 30.4 Å². The number of hydrogen-bond donors (Lipinski definition) is 1. The summed E-state index contributed by atoms with van der Waals surface area (Å²) in [5.74, 6) is 1.04. The maximum Gasteiger partial charge on any atom is 0.254 e. The lowest BCUT2D eigenvalue weighted by atomic mass is 9.99. The standard InChI is InChI=1S/C16H19N3O/c1-11-5-4-8-19(10-11)16(20)13-9-15(17)18-14-7-3-2-6-12(13)14/h2-3,6-7,9,11H,4-5,8,10H2,1H3,(H2,17,18). The Morgan fingerprint density at radius 1 is 1.40 bits per heavy atom. The van der Waals surface area contributed by atoms with Crippen LogP contribution in [-0.4, -0.2) is 28.9 Å². The highest BCUT2D eigenvalue weighted by Crippen LogP contribution is 2.23. The van der Waals surface area contributed by atoms with Gasteiger partial charge in [0.1, 0.15) is 5.82 Å². The van der Waals surface area contributed by atoms with Gasteiger partial charge in [0.2, 0.25) is 0 Å². The summed E-state index contributed by atoms with van der Waals surface area (Å²) in [5.41, 5.74) is 7.28. The molecule has 3 rings (SSSR count). The molecule has 1 aliphatic rings. The molecule has 1 aromatic heterocycles. The minimum Gasteiger partial charge on any atom is -0.384 e. The molecule has 1 amide bonds. The second-order valence-electron chi connectivity index (χ2n) is 5.61. The minimum atomic E-state index is 0.0712. The first-order valence-electron chi connectivity index (χ1n) is 7.09. The van der Waals surface area contributed by atoms with E-state index in [2.05, 4.69) is 11.9 Å². The molecular formula is C16H19N3O. The van der Waals surface area contributed by atoms with Crippen molar-refractivity contribution < 1.29 is 4.79 Å². The summed E-state index contributed by atoms with van der Waals surface area (Å²) in [7, 11) is 0. The van der Waals surface area contributed by atoms with Crippen molar-refractivity contribution in [2.24, 2.45) is 5.92 Å². The Labute approximate surface area is 118 Å². The zero-order chi connectivity index (χ0) is 14.1. The van der Waals surface area contributed by atoms with Crippen molar-refractivity contribution in [2.75, 3.05) is 18.8 Å². The van der Waals surface area contributed by atoms with Crippen molar-refractivity contribution in [2.45, 2.75) is 19.8 Å². The van der Waals surface area contributed by atoms with Gasteiger partial charge < -0.3 is 10.6 Å². The molecule has 0 aliphatic carbocycles. The highest BCUT2D eigenvalue weighted by molar-refractivity contribution is 6.06. The number of aromatic nitrogens is 1. The summed E-state index contributed by atoms with van der Waals surface area (Å²) in [6, 6.07) is 9.36. The van der Waals surface area contributed by atoms with E-state index in [1.807, 2.05) is 29.2 Å². The largest absolute Gasteiger partial charge is 0.384 e. The quantitative estimate of drug-likeness (QED) is 0.866. The zero-order valence-electron chi connectivity index (χ0n) is 11.7. The molecule has 1 aliphatic heterocycles. The molecular weight excluding hydrogens is 250 g/mol. The number of hydrogen-bond acceptors (Lipinski definition) is 3. The summed E-state index contributed by atoms with van der Waals surface area (Å²) in [4.78, 5) is 19.0. The van der Waals surface area contributed by atoms with E-state index in [0.29, 0.717) is 17.3 Å². The fraction of sp³-hybridized carbons (Fsp3) is 0.375. The zero-order valence-corrected chi connectivity index (χ0v) is 11.7. The van der Waals surface area contributed by atoms with Gasteiger partial charge in [-0.25, -0.2) is 4.98 Å². The lowest BCUT2D eigenvalue weighted by Gasteiger charge is -2.31. The van der Waals surface area contributed by atoms with E-state index in [1.54, 1.807) is 6.07 Å². The number of anilines is 1. The number of likely N-dealkylation sites (tertiary alicyclic amines) is 1. The number of amides is 1. The van der Waals surface area contributed by atoms with E-state index >= 15 is 0 Å². The fourth-order valence-corrected chi connectivity index (χ4v) is 2.92. The Kier molecular flexibility index (Phi) is 3.30. The van der Waals surface area contributed by atoms with Crippen molar-refractivity contribution in [3.8, 4) is 0 Å². The molecule has 0 spiro atoms. The number of pyridine rings is 1. The van der Waals surface area contributed by atoms with Gasteiger partial charge in [-0.3, -0.25) is 4.79 Å². The van der Waals surface area contributed by atoms with Gasteiger partial charge in [0.15, 0.2) is 0 Å². The average Bonchev–Trinajstić information content (AvgIpc) is 2.45. The Bertz CT molecular complexity index is 653. The van der Waals surface area contributed by atoms with E-state index in [4.69, 9.17) is 5.73 Å². The average molecular weight is 269 g/mol. The van der Waals surface area contributed by atoms with Gasteiger partial charge in [-0.05, 0) is 30.9 Å². The topological polar surface area (TPSA) is 59.2 Å². The molecule has 0 bridgehead atoms. The molecule has 20 heavy (non-hydrogen) atoms. The number of nitrogen functional groups attached to an aromatic ring is 1. The van der Waals surface area contributed by atoms with Crippen molar-refractivity contribution in [3.05, 3.63) is 35.9 Å². The van der Waals surface area contributed by atoms with Gasteiger partial charge in [-0.1, -0.05) is 25.1 Å². The van der Waals surface area contributed by atoms with Crippen LogP contribution in [0.1, 0.15) is 30.1 Å². The number of fused-ring (bicyclic) bond motifs is 1. The molecule has 0 radical (unpaired) electrons. The van der Waals surface area contributed by atoms with Gasteiger partial charge in [-0.15, -0.1) is 0 Å². The first-order valence-corrected chi connectivity index (χ1v) is 7.09. The number of para-hydroxylation sites is 1. The van der Waals surface area contributed by atoms with Gasteiger partial charge in [-0.2, -0.15) is 0 Å². The maximum absolute atomic E-state index is 12.8. The third kappa shape index (κ3) is 2.33. The van der Waals surface area contributed by atoms with Crippen LogP contribution in [0.15, 0.2) is 30.3 Å². The molecule has 1 unspecified atom stereocenters. The number of nitrogens with two attached hydrogens (primary N) is 1. The van der Waals surface area contributed by atoms with Crippen LogP contribution in [0, 0.1) is 5.92 Å². The maximum atomic E-state index is 12.8. The highest BCUT2D eigenvalue weighted by atomic mass is 16.2. The van der Waals surface area contributed by atoms with Gasteiger partial charge in [0, 0.05) is 18.5 Å². The van der Waals surface area contributed by atoms with E-state index in [1.165, 1.54) is 6.42 Å². The van der Waals surface area contributed by atoms with Crippen LogP contribution in [0.25, 0.3) is 10.9 Å². The SMILES string of the molecule is CC1CCCN(C(=O)c2cc(N)nc3ccccc23)C1. The minimum absolute atomic E-state index is 0.0712. The number of carbonyl (C=O) groups is 1. The first kappa shape index (κ1) is 12.9. The molecule has 4 nitrogen and oxygen atoms in total. The van der Waals surface area contributed by atoms with Crippen LogP contribution in [0.3, 0.4) is 0 Å². The third-order valence-corrected chi connectivity index (χ3v) is 3.91. The second kappa shape index (κ2) is 5.12. The van der Waals surface area contributed by atoms with Crippen molar-refractivity contribution >= 4 is 22.6 Å². The number of benzene rings is 1. The predicted molar refractivity (Wildman–Crippen MR) is 80.5 cm³/mol. The lowest BCUT2D eigenvalue weighted by molar-refractivity contribution is 0.0685. The molecule has 2 heterocycles. The number of rotatable bonds is 1. The van der Waals surface area contributed by atoms with Gasteiger partial charge in [0.25, 0.3) is 5.91 Å². The smallest absolute Gasteiger partial charge is 0.254 e. The van der Waals surface area contributed by atoms with E-state index in [9.17, 15) is 4.79 Å². The summed E-state index contributed by atoms with van der Waals surface area (Å²) in [6.07, 6.45) is 2.27. The van der Waals surface area contributed by atoms with Crippen LogP contribution >= 0.6 is 0 Å². The van der Waals surface area contributed by atoms with Crippen LogP contribution in [-0.2, 0) is 0 Å². The summed E-state index contributed by atoms with van der Waals surface area (Å²) < 4.78 is 0. The molecule has 104 valence electrons. The third-order valence-electron chi connectivity index (χ3n) is 3.91. The summed E-state index contributed by atoms with van der Waals surface area (Å²) >= 11 is 0. The predicted octanol–water partition coefficient (Wildman–Crippen LogP) is 2.69. The highest BCUT2D eigenvalue weighted by Gasteiger charge is 2.23. The second-order valence-corrected chi connectivity index (χ2v) is 5.61. The Morgan fingerprint density at radius 3 is 3.00 bits per heavy atom. The molecule has 1 saturated heterocycles. The Balaban J connectivity index is 2.02.